The van der Waals surface area contributed by atoms with Crippen molar-refractivity contribution in [2.24, 2.45) is 0 Å². The van der Waals surface area contributed by atoms with Crippen LogP contribution in [0, 0.1) is 0 Å². The minimum atomic E-state index is -1.11. The monoisotopic (exact) mass is 206 g/mol. The molecular formula is C4H11InO2. The molecule has 0 aromatic carbocycles. The van der Waals surface area contributed by atoms with Gasteiger partial charge in [-0.2, -0.15) is 0 Å². The van der Waals surface area contributed by atoms with Gasteiger partial charge >= 0.3 is 56.5 Å². The molecule has 2 nitrogen and oxygen atoms in total. The molecular weight excluding hydrogens is 195 g/mol. The maximum absolute atomic E-state index is 5.06. The molecule has 0 aromatic heterocycles. The van der Waals surface area contributed by atoms with E-state index in [1.54, 1.807) is 0 Å². The SMILES string of the molecule is CC[O][InH][O]CC. The van der Waals surface area contributed by atoms with Crippen LogP contribution in [0.2, 0.25) is 0 Å². The molecule has 0 amide bonds. The Morgan fingerprint density at radius 3 is 1.86 bits per heavy atom. The summed E-state index contributed by atoms with van der Waals surface area (Å²) < 4.78 is 10.1. The maximum atomic E-state index is 5.06. The summed E-state index contributed by atoms with van der Waals surface area (Å²) in [7, 11) is 0. The second-order valence-electron chi connectivity index (χ2n) is 1.10. The van der Waals surface area contributed by atoms with Gasteiger partial charge in [0.1, 0.15) is 0 Å². The number of hydrogen-bond donors (Lipinski definition) is 0. The Kier molecular flexibility index (Phi) is 7.56. The van der Waals surface area contributed by atoms with Gasteiger partial charge in [0.05, 0.1) is 0 Å². The molecule has 42 valence electrons. The Labute approximate surface area is 56.8 Å². The van der Waals surface area contributed by atoms with E-state index in [4.69, 9.17) is 5.71 Å². The first-order valence-electron chi connectivity index (χ1n) is 2.57. The summed E-state index contributed by atoms with van der Waals surface area (Å²) in [6.07, 6.45) is 0. The summed E-state index contributed by atoms with van der Waals surface area (Å²) >= 11 is -1.11. The zero-order valence-corrected chi connectivity index (χ0v) is 8.97. The van der Waals surface area contributed by atoms with Crippen molar-refractivity contribution in [2.45, 2.75) is 13.8 Å². The van der Waals surface area contributed by atoms with Crippen LogP contribution in [0.4, 0.5) is 0 Å². The standard InChI is InChI=1S/2C2H5O.In.H/c2*1-2-3;;/h2*2H2,1H3;;/q2*-1;+2;. The van der Waals surface area contributed by atoms with Crippen molar-refractivity contribution in [1.82, 2.24) is 0 Å². The molecule has 7 heavy (non-hydrogen) atoms. The van der Waals surface area contributed by atoms with E-state index >= 15 is 0 Å². The zero-order valence-electron chi connectivity index (χ0n) is 4.94. The molecule has 0 fully saturated rings. The molecule has 0 bridgehead atoms. The summed E-state index contributed by atoms with van der Waals surface area (Å²) in [4.78, 5) is 0. The molecule has 3 heteroatoms. The molecule has 0 aromatic rings. The predicted octanol–water partition coefficient (Wildman–Crippen LogP) is 0.326. The first-order chi connectivity index (χ1) is 3.41. The third kappa shape index (κ3) is 6.79. The molecule has 0 saturated heterocycles. The van der Waals surface area contributed by atoms with Crippen LogP contribution < -0.4 is 0 Å². The van der Waals surface area contributed by atoms with E-state index in [-0.39, 0.29) is 0 Å². The van der Waals surface area contributed by atoms with Crippen LogP contribution in [0.25, 0.3) is 0 Å². The zero-order chi connectivity index (χ0) is 5.54. The first-order valence-corrected chi connectivity index (χ1v) is 5.86. The fraction of sp³-hybridized carbons (Fsp3) is 1.00. The molecule has 0 aliphatic rings. The van der Waals surface area contributed by atoms with E-state index in [0.29, 0.717) is 0 Å². The molecule has 0 aliphatic heterocycles. The first kappa shape index (κ1) is 7.79. The Hall–Kier alpha value is 0.790. The molecule has 0 radical (unpaired) electrons. The molecule has 0 atom stereocenters. The normalized spacial score (nSPS) is 8.86. The Balaban J connectivity index is 2.45. The van der Waals surface area contributed by atoms with Crippen LogP contribution in [0.1, 0.15) is 13.8 Å². The Morgan fingerprint density at radius 2 is 1.57 bits per heavy atom. The summed E-state index contributed by atoms with van der Waals surface area (Å²) in [6.45, 7) is 5.65. The second kappa shape index (κ2) is 6.79. The minimum absolute atomic E-state index is 0.829. The van der Waals surface area contributed by atoms with Crippen molar-refractivity contribution in [3.05, 3.63) is 0 Å². The fourth-order valence-electron chi connectivity index (χ4n) is 0.226. The van der Waals surface area contributed by atoms with E-state index in [2.05, 4.69) is 0 Å². The van der Waals surface area contributed by atoms with E-state index in [0.717, 1.165) is 13.2 Å². The second-order valence-corrected chi connectivity index (χ2v) is 4.11. The van der Waals surface area contributed by atoms with Crippen molar-refractivity contribution in [3.63, 3.8) is 0 Å². The van der Waals surface area contributed by atoms with Crippen molar-refractivity contribution in [3.8, 4) is 0 Å². The number of rotatable bonds is 4. The molecule has 0 saturated carbocycles. The van der Waals surface area contributed by atoms with Crippen molar-refractivity contribution < 1.29 is 5.71 Å². The van der Waals surface area contributed by atoms with Gasteiger partial charge in [0.2, 0.25) is 0 Å². The van der Waals surface area contributed by atoms with Crippen LogP contribution >= 0.6 is 0 Å². The van der Waals surface area contributed by atoms with Crippen LogP contribution in [0.3, 0.4) is 0 Å². The average molecular weight is 206 g/mol. The molecule has 0 aliphatic carbocycles. The van der Waals surface area contributed by atoms with Gasteiger partial charge in [-0.15, -0.1) is 0 Å². The van der Waals surface area contributed by atoms with Crippen molar-refractivity contribution in [2.75, 3.05) is 13.2 Å². The molecule has 0 rings (SSSR count). The molecule has 0 heterocycles. The van der Waals surface area contributed by atoms with Crippen LogP contribution in [-0.2, 0) is 5.71 Å². The summed E-state index contributed by atoms with van der Waals surface area (Å²) in [5.74, 6) is 0. The molecule has 0 spiro atoms. The summed E-state index contributed by atoms with van der Waals surface area (Å²) in [5, 5.41) is 0. The summed E-state index contributed by atoms with van der Waals surface area (Å²) in [5.41, 5.74) is 0. The van der Waals surface area contributed by atoms with Gasteiger partial charge < -0.3 is 0 Å². The van der Waals surface area contributed by atoms with Gasteiger partial charge in [0.25, 0.3) is 0 Å². The third-order valence-corrected chi connectivity index (χ3v) is 3.86. The van der Waals surface area contributed by atoms with Gasteiger partial charge in [-0.05, 0) is 0 Å². The van der Waals surface area contributed by atoms with Gasteiger partial charge in [-0.1, -0.05) is 0 Å². The van der Waals surface area contributed by atoms with Gasteiger partial charge in [0, 0.05) is 0 Å². The molecule has 0 unspecified atom stereocenters. The molecule has 0 N–H and O–H groups in total. The van der Waals surface area contributed by atoms with Crippen LogP contribution in [-0.4, -0.2) is 37.0 Å². The third-order valence-electron chi connectivity index (χ3n) is 0.575. The van der Waals surface area contributed by atoms with Gasteiger partial charge in [-0.25, -0.2) is 0 Å². The fourth-order valence-corrected chi connectivity index (χ4v) is 1.51. The Morgan fingerprint density at radius 1 is 1.14 bits per heavy atom. The average Bonchev–Trinajstić information content (AvgIpc) is 1.69. The van der Waals surface area contributed by atoms with E-state index in [9.17, 15) is 0 Å². The van der Waals surface area contributed by atoms with Gasteiger partial charge in [0.15, 0.2) is 0 Å². The number of hydrogen-bond acceptors (Lipinski definition) is 2. The van der Waals surface area contributed by atoms with Crippen LogP contribution in [0.15, 0.2) is 0 Å². The predicted molar refractivity (Wildman–Crippen MR) is 30.4 cm³/mol. The van der Waals surface area contributed by atoms with E-state index in [1.165, 1.54) is 0 Å². The van der Waals surface area contributed by atoms with Crippen LogP contribution in [0.5, 0.6) is 0 Å². The quantitative estimate of drug-likeness (QED) is 0.617. The Bertz CT molecular complexity index is 28.9. The van der Waals surface area contributed by atoms with Crippen molar-refractivity contribution in [1.29, 1.82) is 0 Å². The topological polar surface area (TPSA) is 18.5 Å². The van der Waals surface area contributed by atoms with E-state index < -0.39 is 23.8 Å². The summed E-state index contributed by atoms with van der Waals surface area (Å²) in [6, 6.07) is 0. The van der Waals surface area contributed by atoms with Crippen molar-refractivity contribution >= 4 is 23.8 Å². The van der Waals surface area contributed by atoms with E-state index in [1.807, 2.05) is 13.8 Å². The van der Waals surface area contributed by atoms with Gasteiger partial charge in [-0.3, -0.25) is 0 Å².